The molecule has 0 aliphatic heterocycles. The zero-order valence-electron chi connectivity index (χ0n) is 23.6. The smallest absolute Gasteiger partial charge is 0.271 e. The molecule has 218 valence electrons. The highest BCUT2D eigenvalue weighted by Crippen LogP contribution is 2.29. The number of benzene rings is 4. The number of sulfonamides is 1. The summed E-state index contributed by atoms with van der Waals surface area (Å²) in [6, 6.07) is 26.8. The van der Waals surface area contributed by atoms with Gasteiger partial charge in [-0.15, -0.1) is 0 Å². The number of anilines is 1. The van der Waals surface area contributed by atoms with Crippen LogP contribution in [0.3, 0.4) is 0 Å². The van der Waals surface area contributed by atoms with Crippen LogP contribution in [-0.4, -0.2) is 33.4 Å². The standard InChI is InChI=1S/C32H32ClN3O5S/c1-4-40-31-19-25(12-17-30(31)41-22-26-6-5-7-28(33)18-26)20-34-35-32(37)27-13-15-29(16-14-27)36(42(3,38)39)21-24-10-8-23(2)9-11-24/h5-20H,4,21-22H2,1-3H3,(H,35,37)/b34-20-. The first kappa shape index (κ1) is 30.6. The lowest BCUT2D eigenvalue weighted by Gasteiger charge is -2.22. The molecule has 0 fully saturated rings. The van der Waals surface area contributed by atoms with Gasteiger partial charge in [0.25, 0.3) is 5.91 Å². The molecule has 0 aliphatic carbocycles. The molecular formula is C32H32ClN3O5S. The number of carbonyl (C=O) groups is 1. The Kier molecular flexibility index (Phi) is 10.2. The third-order valence-electron chi connectivity index (χ3n) is 6.20. The van der Waals surface area contributed by atoms with E-state index in [1.165, 1.54) is 10.5 Å². The van der Waals surface area contributed by atoms with Gasteiger partial charge < -0.3 is 9.47 Å². The van der Waals surface area contributed by atoms with E-state index in [1.807, 2.05) is 56.3 Å². The normalized spacial score (nSPS) is 11.3. The van der Waals surface area contributed by atoms with E-state index in [9.17, 15) is 13.2 Å². The Bertz CT molecular complexity index is 1660. The molecule has 0 spiro atoms. The number of nitrogens with one attached hydrogen (secondary N) is 1. The van der Waals surface area contributed by atoms with Crippen molar-refractivity contribution >= 4 is 39.4 Å². The summed E-state index contributed by atoms with van der Waals surface area (Å²) in [4.78, 5) is 12.7. The molecule has 0 atom stereocenters. The van der Waals surface area contributed by atoms with Crippen molar-refractivity contribution in [1.82, 2.24) is 5.43 Å². The lowest BCUT2D eigenvalue weighted by Crippen LogP contribution is -2.29. The summed E-state index contributed by atoms with van der Waals surface area (Å²) in [5, 5.41) is 4.71. The van der Waals surface area contributed by atoms with Gasteiger partial charge in [0.15, 0.2) is 11.5 Å². The number of halogens is 1. The number of nitrogens with zero attached hydrogens (tertiary/aromatic N) is 2. The maximum atomic E-state index is 12.7. The molecule has 1 amide bonds. The molecule has 0 heterocycles. The first-order valence-electron chi connectivity index (χ1n) is 13.2. The second-order valence-electron chi connectivity index (χ2n) is 9.56. The van der Waals surface area contributed by atoms with Gasteiger partial charge in [-0.2, -0.15) is 5.10 Å². The fourth-order valence-electron chi connectivity index (χ4n) is 4.05. The van der Waals surface area contributed by atoms with Crippen LogP contribution in [0.4, 0.5) is 5.69 Å². The molecule has 8 nitrogen and oxygen atoms in total. The van der Waals surface area contributed by atoms with Crippen LogP contribution in [0.1, 0.15) is 39.5 Å². The number of aryl methyl sites for hydroxylation is 1. The highest BCUT2D eigenvalue weighted by molar-refractivity contribution is 7.92. The Morgan fingerprint density at radius 1 is 0.929 bits per heavy atom. The van der Waals surface area contributed by atoms with Crippen molar-refractivity contribution in [3.8, 4) is 11.5 Å². The van der Waals surface area contributed by atoms with Crippen LogP contribution in [0, 0.1) is 6.92 Å². The van der Waals surface area contributed by atoms with Gasteiger partial charge in [-0.05, 0) is 85.1 Å². The van der Waals surface area contributed by atoms with Crippen molar-refractivity contribution in [2.45, 2.75) is 27.0 Å². The van der Waals surface area contributed by atoms with Crippen LogP contribution in [-0.2, 0) is 23.2 Å². The van der Waals surface area contributed by atoms with Crippen molar-refractivity contribution < 1.29 is 22.7 Å². The third-order valence-corrected chi connectivity index (χ3v) is 7.57. The Labute approximate surface area is 251 Å². The van der Waals surface area contributed by atoms with E-state index >= 15 is 0 Å². The number of amides is 1. The van der Waals surface area contributed by atoms with E-state index in [4.69, 9.17) is 21.1 Å². The SMILES string of the molecule is CCOc1cc(/C=N\NC(=O)c2ccc(N(Cc3ccc(C)cc3)S(C)(=O)=O)cc2)ccc1OCc1cccc(Cl)c1. The quantitative estimate of drug-likeness (QED) is 0.150. The predicted molar refractivity (Wildman–Crippen MR) is 167 cm³/mol. The van der Waals surface area contributed by atoms with E-state index in [2.05, 4.69) is 10.5 Å². The number of carbonyl (C=O) groups excluding carboxylic acids is 1. The van der Waals surface area contributed by atoms with Crippen LogP contribution in [0.25, 0.3) is 0 Å². The molecule has 0 saturated carbocycles. The second kappa shape index (κ2) is 14.0. The molecule has 4 rings (SSSR count). The summed E-state index contributed by atoms with van der Waals surface area (Å²) in [5.41, 5.74) is 6.87. The summed E-state index contributed by atoms with van der Waals surface area (Å²) in [5.74, 6) is 0.684. The Hall–Kier alpha value is -4.34. The van der Waals surface area contributed by atoms with Gasteiger partial charge in [0.1, 0.15) is 6.61 Å². The first-order chi connectivity index (χ1) is 20.1. The Morgan fingerprint density at radius 2 is 1.67 bits per heavy atom. The van der Waals surface area contributed by atoms with E-state index in [1.54, 1.807) is 48.5 Å². The summed E-state index contributed by atoms with van der Waals surface area (Å²) in [6.07, 6.45) is 2.66. The zero-order valence-corrected chi connectivity index (χ0v) is 25.2. The van der Waals surface area contributed by atoms with Crippen LogP contribution < -0.4 is 19.2 Å². The topological polar surface area (TPSA) is 97.3 Å². The largest absolute Gasteiger partial charge is 0.490 e. The number of rotatable bonds is 12. The Morgan fingerprint density at radius 3 is 2.33 bits per heavy atom. The molecule has 1 N–H and O–H groups in total. The molecule has 0 bridgehead atoms. The van der Waals surface area contributed by atoms with Gasteiger partial charge in [0, 0.05) is 10.6 Å². The first-order valence-corrected chi connectivity index (χ1v) is 15.5. The zero-order chi connectivity index (χ0) is 30.1. The summed E-state index contributed by atoms with van der Waals surface area (Å²) in [6.45, 7) is 4.81. The fourth-order valence-corrected chi connectivity index (χ4v) is 5.15. The maximum absolute atomic E-state index is 12.7. The van der Waals surface area contributed by atoms with Crippen LogP contribution in [0.5, 0.6) is 11.5 Å². The number of hydrogen-bond acceptors (Lipinski definition) is 6. The summed E-state index contributed by atoms with van der Waals surface area (Å²) in [7, 11) is -3.55. The molecule has 42 heavy (non-hydrogen) atoms. The van der Waals surface area contributed by atoms with Gasteiger partial charge in [0.05, 0.1) is 31.3 Å². The van der Waals surface area contributed by atoms with E-state index in [0.717, 1.165) is 22.9 Å². The molecule has 0 saturated heterocycles. The van der Waals surface area contributed by atoms with E-state index < -0.39 is 15.9 Å². The van der Waals surface area contributed by atoms with Crippen molar-refractivity contribution in [2.24, 2.45) is 5.10 Å². The average molecular weight is 606 g/mol. The van der Waals surface area contributed by atoms with Crippen molar-refractivity contribution in [1.29, 1.82) is 0 Å². The molecule has 4 aromatic carbocycles. The number of ether oxygens (including phenoxy) is 2. The van der Waals surface area contributed by atoms with Crippen LogP contribution >= 0.6 is 11.6 Å². The van der Waals surface area contributed by atoms with Gasteiger partial charge in [-0.3, -0.25) is 9.10 Å². The van der Waals surface area contributed by atoms with Gasteiger partial charge in [-0.1, -0.05) is 53.6 Å². The minimum atomic E-state index is -3.55. The minimum absolute atomic E-state index is 0.184. The highest BCUT2D eigenvalue weighted by Gasteiger charge is 2.18. The summed E-state index contributed by atoms with van der Waals surface area (Å²) < 4.78 is 38.0. The molecular weight excluding hydrogens is 574 g/mol. The van der Waals surface area contributed by atoms with Crippen molar-refractivity contribution in [2.75, 3.05) is 17.2 Å². The van der Waals surface area contributed by atoms with Crippen LogP contribution in [0.15, 0.2) is 96.1 Å². The van der Waals surface area contributed by atoms with Crippen LogP contribution in [0.2, 0.25) is 5.02 Å². The number of hydrogen-bond donors (Lipinski definition) is 1. The molecule has 0 aliphatic rings. The highest BCUT2D eigenvalue weighted by atomic mass is 35.5. The summed E-state index contributed by atoms with van der Waals surface area (Å²) >= 11 is 6.06. The Balaban J connectivity index is 1.39. The maximum Gasteiger partial charge on any atom is 0.271 e. The van der Waals surface area contributed by atoms with Gasteiger partial charge >= 0.3 is 0 Å². The number of hydrazone groups is 1. The molecule has 0 radical (unpaired) electrons. The van der Waals surface area contributed by atoms with Gasteiger partial charge in [-0.25, -0.2) is 13.8 Å². The van der Waals surface area contributed by atoms with Gasteiger partial charge in [0.2, 0.25) is 10.0 Å². The molecule has 0 aromatic heterocycles. The monoisotopic (exact) mass is 605 g/mol. The predicted octanol–water partition coefficient (Wildman–Crippen LogP) is 6.36. The lowest BCUT2D eigenvalue weighted by molar-refractivity contribution is 0.0955. The fraction of sp³-hybridized carbons (Fsp3) is 0.188. The average Bonchev–Trinajstić information content (AvgIpc) is 2.96. The van der Waals surface area contributed by atoms with Crippen molar-refractivity contribution in [3.05, 3.63) is 124 Å². The molecule has 0 unspecified atom stereocenters. The lowest BCUT2D eigenvalue weighted by atomic mass is 10.1. The van der Waals surface area contributed by atoms with E-state index in [-0.39, 0.29) is 6.54 Å². The van der Waals surface area contributed by atoms with E-state index in [0.29, 0.717) is 46.5 Å². The third kappa shape index (κ3) is 8.58. The van der Waals surface area contributed by atoms with Crippen molar-refractivity contribution in [3.63, 3.8) is 0 Å². The minimum Gasteiger partial charge on any atom is -0.490 e. The molecule has 4 aromatic rings. The molecule has 10 heteroatoms. The second-order valence-corrected chi connectivity index (χ2v) is 11.9.